The van der Waals surface area contributed by atoms with E-state index in [1.807, 2.05) is 0 Å². The average Bonchev–Trinajstić information content (AvgIpc) is 2.50. The lowest BCUT2D eigenvalue weighted by Crippen LogP contribution is -2.29. The van der Waals surface area contributed by atoms with Crippen LogP contribution in [0.5, 0.6) is 0 Å². The van der Waals surface area contributed by atoms with E-state index < -0.39 is 5.97 Å². The van der Waals surface area contributed by atoms with Gasteiger partial charge >= 0.3 is 5.97 Å². The van der Waals surface area contributed by atoms with Crippen molar-refractivity contribution in [3.8, 4) is 12.3 Å². The molecule has 14 heavy (non-hydrogen) atoms. The molecule has 74 valence electrons. The zero-order chi connectivity index (χ0) is 10.6. The first-order valence-corrected chi connectivity index (χ1v) is 4.65. The van der Waals surface area contributed by atoms with Crippen LogP contribution in [0.25, 0.3) is 0 Å². The number of aryl methyl sites for hydroxylation is 1. The van der Waals surface area contributed by atoms with Crippen LogP contribution < -0.4 is 4.90 Å². The Morgan fingerprint density at radius 2 is 2.43 bits per heavy atom. The van der Waals surface area contributed by atoms with Crippen molar-refractivity contribution in [2.45, 2.75) is 6.92 Å². The van der Waals surface area contributed by atoms with E-state index in [-0.39, 0.29) is 13.1 Å². The second-order valence-electron chi connectivity index (χ2n) is 2.56. The highest BCUT2D eigenvalue weighted by Gasteiger charge is 2.13. The normalized spacial score (nSPS) is 9.43. The van der Waals surface area contributed by atoms with Crippen LogP contribution in [0, 0.1) is 19.3 Å². The summed E-state index contributed by atoms with van der Waals surface area (Å²) in [5.74, 6) is 1.45. The molecule has 0 aromatic carbocycles. The third kappa shape index (κ3) is 2.71. The molecule has 0 radical (unpaired) electrons. The molecule has 0 unspecified atom stereocenters. The molecule has 1 N–H and O–H groups in total. The van der Waals surface area contributed by atoms with Crippen LogP contribution in [0.1, 0.15) is 5.01 Å². The average molecular weight is 211 g/mol. The molecule has 0 atom stereocenters. The largest absolute Gasteiger partial charge is 0.480 e. The van der Waals surface area contributed by atoms with Crippen LogP contribution in [0.3, 0.4) is 0 Å². The van der Waals surface area contributed by atoms with Crippen molar-refractivity contribution in [1.29, 1.82) is 0 Å². The highest BCUT2D eigenvalue weighted by Crippen LogP contribution is 2.18. The molecule has 0 fully saturated rings. The van der Waals surface area contributed by atoms with Gasteiger partial charge in [0, 0.05) is 0 Å². The molecule has 1 aromatic heterocycles. The molecule has 1 heterocycles. The fourth-order valence-corrected chi connectivity index (χ4v) is 1.56. The summed E-state index contributed by atoms with van der Waals surface area (Å²) in [7, 11) is 0. The Morgan fingerprint density at radius 3 is 2.86 bits per heavy atom. The lowest BCUT2D eigenvalue weighted by atomic mass is 10.5. The number of hydrogen-bond acceptors (Lipinski definition) is 5. The zero-order valence-electron chi connectivity index (χ0n) is 7.60. The van der Waals surface area contributed by atoms with Crippen molar-refractivity contribution in [3.63, 3.8) is 0 Å². The maximum absolute atomic E-state index is 10.5. The van der Waals surface area contributed by atoms with E-state index in [0.717, 1.165) is 5.01 Å². The highest BCUT2D eigenvalue weighted by molar-refractivity contribution is 7.15. The number of hydrogen-bond donors (Lipinski definition) is 1. The summed E-state index contributed by atoms with van der Waals surface area (Å²) in [6, 6.07) is 0. The molecule has 1 rings (SSSR count). The van der Waals surface area contributed by atoms with Crippen LogP contribution in [-0.4, -0.2) is 34.4 Å². The van der Waals surface area contributed by atoms with Crippen molar-refractivity contribution in [3.05, 3.63) is 5.01 Å². The first-order chi connectivity index (χ1) is 6.63. The number of carboxylic acid groups (broad SMARTS) is 1. The smallest absolute Gasteiger partial charge is 0.323 e. The van der Waals surface area contributed by atoms with Crippen LogP contribution in [0.15, 0.2) is 0 Å². The number of rotatable bonds is 4. The van der Waals surface area contributed by atoms with E-state index >= 15 is 0 Å². The third-order valence-corrected chi connectivity index (χ3v) is 2.29. The van der Waals surface area contributed by atoms with Gasteiger partial charge < -0.3 is 10.0 Å². The van der Waals surface area contributed by atoms with Crippen LogP contribution >= 0.6 is 11.3 Å². The fraction of sp³-hybridized carbons (Fsp3) is 0.375. The van der Waals surface area contributed by atoms with E-state index in [9.17, 15) is 4.79 Å². The fourth-order valence-electron chi connectivity index (χ4n) is 0.879. The molecule has 0 saturated carbocycles. The molecule has 0 amide bonds. The number of carbonyl (C=O) groups is 1. The third-order valence-electron chi connectivity index (χ3n) is 1.39. The second-order valence-corrected chi connectivity index (χ2v) is 3.72. The molecule has 0 saturated heterocycles. The van der Waals surface area contributed by atoms with Crippen molar-refractivity contribution in [2.24, 2.45) is 0 Å². The van der Waals surface area contributed by atoms with Gasteiger partial charge in [0.1, 0.15) is 11.6 Å². The molecule has 0 aliphatic rings. The van der Waals surface area contributed by atoms with Crippen molar-refractivity contribution < 1.29 is 9.90 Å². The van der Waals surface area contributed by atoms with E-state index in [2.05, 4.69) is 16.1 Å². The topological polar surface area (TPSA) is 66.3 Å². The Hall–Kier alpha value is -1.61. The van der Waals surface area contributed by atoms with Crippen LogP contribution in [0.2, 0.25) is 0 Å². The highest BCUT2D eigenvalue weighted by atomic mass is 32.1. The number of terminal acetylenes is 1. The quantitative estimate of drug-likeness (QED) is 0.729. The van der Waals surface area contributed by atoms with Crippen molar-refractivity contribution >= 4 is 22.4 Å². The summed E-state index contributed by atoms with van der Waals surface area (Å²) in [6.07, 6.45) is 5.12. The van der Waals surface area contributed by atoms with Gasteiger partial charge in [-0.15, -0.1) is 16.6 Å². The maximum atomic E-state index is 10.5. The Bertz CT molecular complexity index is 369. The van der Waals surface area contributed by atoms with Gasteiger partial charge in [0.25, 0.3) is 0 Å². The minimum absolute atomic E-state index is 0.154. The van der Waals surface area contributed by atoms with Crippen LogP contribution in [-0.2, 0) is 4.79 Å². The lowest BCUT2D eigenvalue weighted by molar-refractivity contribution is -0.135. The van der Waals surface area contributed by atoms with Crippen molar-refractivity contribution in [1.82, 2.24) is 10.2 Å². The number of carboxylic acids is 1. The first kappa shape index (κ1) is 10.5. The predicted octanol–water partition coefficient (Wildman–Crippen LogP) is 0.371. The number of nitrogens with zero attached hydrogens (tertiary/aromatic N) is 3. The molecule has 0 aliphatic heterocycles. The van der Waals surface area contributed by atoms with Gasteiger partial charge in [0.15, 0.2) is 0 Å². The van der Waals surface area contributed by atoms with Gasteiger partial charge in [-0.3, -0.25) is 4.79 Å². The summed E-state index contributed by atoms with van der Waals surface area (Å²) in [4.78, 5) is 12.0. The number of anilines is 1. The van der Waals surface area contributed by atoms with Gasteiger partial charge in [-0.25, -0.2) is 0 Å². The Morgan fingerprint density at radius 1 is 1.71 bits per heavy atom. The maximum Gasteiger partial charge on any atom is 0.323 e. The predicted molar refractivity (Wildman–Crippen MR) is 53.3 cm³/mol. The Kier molecular flexibility index (Phi) is 3.42. The molecule has 6 heteroatoms. The summed E-state index contributed by atoms with van der Waals surface area (Å²) < 4.78 is 0. The molecular formula is C8H9N3O2S. The van der Waals surface area contributed by atoms with Crippen molar-refractivity contribution in [2.75, 3.05) is 18.0 Å². The second kappa shape index (κ2) is 4.58. The van der Waals surface area contributed by atoms with E-state index in [0.29, 0.717) is 5.13 Å². The number of aromatic nitrogens is 2. The molecule has 0 bridgehead atoms. The van der Waals surface area contributed by atoms with Crippen LogP contribution in [0.4, 0.5) is 5.13 Å². The molecule has 5 nitrogen and oxygen atoms in total. The standard InChI is InChI=1S/C8H9N3O2S/c1-3-4-11(5-7(12)13)8-10-9-6(2)14-8/h1H,4-5H2,2H3,(H,12,13). The Labute approximate surface area is 85.4 Å². The first-order valence-electron chi connectivity index (χ1n) is 3.84. The van der Waals surface area contributed by atoms with Gasteiger partial charge in [0.05, 0.1) is 6.54 Å². The summed E-state index contributed by atoms with van der Waals surface area (Å²) >= 11 is 1.32. The molecular weight excluding hydrogens is 202 g/mol. The van der Waals surface area contributed by atoms with Gasteiger partial charge in [0.2, 0.25) is 5.13 Å². The SMILES string of the molecule is C#CCN(CC(=O)O)c1nnc(C)s1. The molecule has 0 spiro atoms. The van der Waals surface area contributed by atoms with E-state index in [1.165, 1.54) is 16.2 Å². The Balaban J connectivity index is 2.78. The lowest BCUT2D eigenvalue weighted by Gasteiger charge is -2.14. The summed E-state index contributed by atoms with van der Waals surface area (Å²) in [5.41, 5.74) is 0. The number of aliphatic carboxylic acids is 1. The molecule has 0 aliphatic carbocycles. The van der Waals surface area contributed by atoms with E-state index in [4.69, 9.17) is 11.5 Å². The summed E-state index contributed by atoms with van der Waals surface area (Å²) in [6.45, 7) is 1.87. The van der Waals surface area contributed by atoms with E-state index in [1.54, 1.807) is 6.92 Å². The minimum Gasteiger partial charge on any atom is -0.480 e. The van der Waals surface area contributed by atoms with Gasteiger partial charge in [-0.05, 0) is 6.92 Å². The summed E-state index contributed by atoms with van der Waals surface area (Å²) in [5, 5.41) is 17.6. The van der Waals surface area contributed by atoms with Gasteiger partial charge in [-0.1, -0.05) is 17.3 Å². The molecule has 1 aromatic rings. The zero-order valence-corrected chi connectivity index (χ0v) is 8.41. The van der Waals surface area contributed by atoms with Gasteiger partial charge in [-0.2, -0.15) is 0 Å². The monoisotopic (exact) mass is 211 g/mol. The minimum atomic E-state index is -0.937.